The van der Waals surface area contributed by atoms with Crippen LogP contribution in [0.15, 0.2) is 6.07 Å². The second-order valence-electron chi connectivity index (χ2n) is 2.74. The van der Waals surface area contributed by atoms with Crippen LogP contribution < -0.4 is 0 Å². The summed E-state index contributed by atoms with van der Waals surface area (Å²) in [5, 5.41) is 8.57. The lowest BCUT2D eigenvalue weighted by Gasteiger charge is -2.08. The third kappa shape index (κ3) is 2.98. The molecule has 0 fully saturated rings. The second-order valence-corrected chi connectivity index (χ2v) is 4.03. The van der Waals surface area contributed by atoms with Gasteiger partial charge in [-0.1, -0.05) is 0 Å². The highest BCUT2D eigenvalue weighted by Gasteiger charge is 2.15. The van der Waals surface area contributed by atoms with Crippen molar-refractivity contribution in [1.29, 1.82) is 5.26 Å². The average Bonchev–Trinajstić information content (AvgIpc) is 2.20. The standard InChI is InChI=1S/C9H6ClF2IN2/c10-4-5-3-7(8(11)12)15-9(13)6(5)1-2-14/h3,8H,1,4H2. The first-order valence-corrected chi connectivity index (χ1v) is 5.60. The molecule has 2 nitrogen and oxygen atoms in total. The summed E-state index contributed by atoms with van der Waals surface area (Å²) in [6, 6.07) is 3.21. The molecule has 0 radical (unpaired) electrons. The van der Waals surface area contributed by atoms with E-state index in [0.717, 1.165) is 0 Å². The first-order valence-electron chi connectivity index (χ1n) is 3.99. The highest BCUT2D eigenvalue weighted by Crippen LogP contribution is 2.24. The van der Waals surface area contributed by atoms with Crippen molar-refractivity contribution in [3.8, 4) is 6.07 Å². The minimum atomic E-state index is -2.61. The van der Waals surface area contributed by atoms with Gasteiger partial charge in [-0.2, -0.15) is 5.26 Å². The number of nitrogens with zero attached hydrogens (tertiary/aromatic N) is 2. The molecule has 0 N–H and O–H groups in total. The van der Waals surface area contributed by atoms with E-state index in [-0.39, 0.29) is 18.0 Å². The highest BCUT2D eigenvalue weighted by atomic mass is 127. The van der Waals surface area contributed by atoms with E-state index in [2.05, 4.69) is 4.98 Å². The van der Waals surface area contributed by atoms with Gasteiger partial charge in [-0.25, -0.2) is 13.8 Å². The Bertz CT molecular complexity index is 404. The third-order valence-corrected chi connectivity index (χ3v) is 2.99. The van der Waals surface area contributed by atoms with Gasteiger partial charge in [0.25, 0.3) is 6.43 Å². The third-order valence-electron chi connectivity index (χ3n) is 1.81. The number of hydrogen-bond acceptors (Lipinski definition) is 2. The highest BCUT2D eigenvalue weighted by molar-refractivity contribution is 14.1. The van der Waals surface area contributed by atoms with E-state index < -0.39 is 6.43 Å². The van der Waals surface area contributed by atoms with Crippen molar-refractivity contribution in [2.45, 2.75) is 18.7 Å². The molecule has 0 atom stereocenters. The van der Waals surface area contributed by atoms with Gasteiger partial charge in [-0.05, 0) is 34.2 Å². The van der Waals surface area contributed by atoms with Crippen molar-refractivity contribution >= 4 is 34.2 Å². The molecule has 1 aromatic heterocycles. The first-order chi connectivity index (χ1) is 7.10. The summed E-state index contributed by atoms with van der Waals surface area (Å²) >= 11 is 7.47. The maximum atomic E-state index is 12.4. The summed E-state index contributed by atoms with van der Waals surface area (Å²) in [4.78, 5) is 3.73. The van der Waals surface area contributed by atoms with Crippen LogP contribution in [0.25, 0.3) is 0 Å². The fraction of sp³-hybridized carbons (Fsp3) is 0.333. The van der Waals surface area contributed by atoms with E-state index in [9.17, 15) is 8.78 Å². The van der Waals surface area contributed by atoms with Gasteiger partial charge in [0.2, 0.25) is 0 Å². The Morgan fingerprint density at radius 1 is 1.60 bits per heavy atom. The number of pyridine rings is 1. The number of rotatable bonds is 3. The zero-order chi connectivity index (χ0) is 11.4. The Labute approximate surface area is 104 Å². The van der Waals surface area contributed by atoms with Gasteiger partial charge in [0.15, 0.2) is 0 Å². The lowest BCUT2D eigenvalue weighted by atomic mass is 10.1. The minimum absolute atomic E-state index is 0.106. The molecule has 15 heavy (non-hydrogen) atoms. The predicted molar refractivity (Wildman–Crippen MR) is 60.8 cm³/mol. The lowest BCUT2D eigenvalue weighted by Crippen LogP contribution is -2.02. The Kier molecular flexibility index (Phi) is 4.67. The van der Waals surface area contributed by atoms with Gasteiger partial charge >= 0.3 is 0 Å². The van der Waals surface area contributed by atoms with E-state index in [1.807, 2.05) is 28.7 Å². The van der Waals surface area contributed by atoms with Crippen molar-refractivity contribution < 1.29 is 8.78 Å². The Hall–Kier alpha value is -0.480. The molecule has 0 aromatic carbocycles. The molecule has 0 spiro atoms. The Morgan fingerprint density at radius 3 is 2.73 bits per heavy atom. The van der Waals surface area contributed by atoms with E-state index >= 15 is 0 Å². The van der Waals surface area contributed by atoms with Crippen molar-refractivity contribution in [2.24, 2.45) is 0 Å². The van der Waals surface area contributed by atoms with Gasteiger partial charge in [0.05, 0.1) is 12.5 Å². The largest absolute Gasteiger partial charge is 0.280 e. The van der Waals surface area contributed by atoms with Crippen LogP contribution in [0.5, 0.6) is 0 Å². The van der Waals surface area contributed by atoms with Crippen LogP contribution in [-0.4, -0.2) is 4.98 Å². The summed E-state index contributed by atoms with van der Waals surface area (Å²) in [5.74, 6) is 0.106. The van der Waals surface area contributed by atoms with E-state index in [0.29, 0.717) is 14.8 Å². The molecule has 0 aliphatic rings. The quantitative estimate of drug-likeness (QED) is 0.479. The molecule has 0 bridgehead atoms. The maximum Gasteiger partial charge on any atom is 0.280 e. The fourth-order valence-electron chi connectivity index (χ4n) is 1.11. The molecular weight excluding hydrogens is 336 g/mol. The maximum absolute atomic E-state index is 12.4. The molecule has 1 aromatic rings. The first kappa shape index (κ1) is 12.6. The van der Waals surface area contributed by atoms with Crippen LogP contribution in [0.1, 0.15) is 23.2 Å². The molecule has 6 heteroatoms. The molecular formula is C9H6ClF2IN2. The van der Waals surface area contributed by atoms with Gasteiger partial charge in [0, 0.05) is 11.4 Å². The molecule has 1 heterocycles. The van der Waals surface area contributed by atoms with Crippen molar-refractivity contribution in [3.63, 3.8) is 0 Å². The number of nitriles is 1. The summed E-state index contributed by atoms with van der Waals surface area (Å²) in [5.41, 5.74) is 0.891. The molecule has 0 aliphatic heterocycles. The monoisotopic (exact) mass is 342 g/mol. The zero-order valence-electron chi connectivity index (χ0n) is 7.48. The van der Waals surface area contributed by atoms with Gasteiger partial charge < -0.3 is 0 Å². The normalized spacial score (nSPS) is 10.4. The van der Waals surface area contributed by atoms with E-state index in [1.54, 1.807) is 0 Å². The van der Waals surface area contributed by atoms with Crippen LogP contribution in [0.2, 0.25) is 0 Å². The molecule has 0 saturated carbocycles. The molecule has 1 rings (SSSR count). The van der Waals surface area contributed by atoms with Crippen LogP contribution in [0.4, 0.5) is 8.78 Å². The van der Waals surface area contributed by atoms with Crippen LogP contribution in [0, 0.1) is 15.0 Å². The molecule has 0 saturated heterocycles. The van der Waals surface area contributed by atoms with Crippen molar-refractivity contribution in [1.82, 2.24) is 4.98 Å². The summed E-state index contributed by atoms with van der Waals surface area (Å²) in [7, 11) is 0. The van der Waals surface area contributed by atoms with Gasteiger partial charge in [0.1, 0.15) is 9.39 Å². The van der Waals surface area contributed by atoms with E-state index in [1.165, 1.54) is 6.07 Å². The van der Waals surface area contributed by atoms with Crippen molar-refractivity contribution in [2.75, 3.05) is 0 Å². The zero-order valence-corrected chi connectivity index (χ0v) is 10.4. The fourth-order valence-corrected chi connectivity index (χ4v) is 2.16. The predicted octanol–water partition coefficient (Wildman–Crippen LogP) is 3.43. The molecule has 0 unspecified atom stereocenters. The molecule has 0 aliphatic carbocycles. The molecule has 80 valence electrons. The van der Waals surface area contributed by atoms with Crippen molar-refractivity contribution in [3.05, 3.63) is 26.6 Å². The summed E-state index contributed by atoms with van der Waals surface area (Å²) in [6.07, 6.45) is -2.48. The Balaban J connectivity index is 3.25. The summed E-state index contributed by atoms with van der Waals surface area (Å²) < 4.78 is 25.2. The van der Waals surface area contributed by atoms with Crippen LogP contribution in [0.3, 0.4) is 0 Å². The topological polar surface area (TPSA) is 36.7 Å². The van der Waals surface area contributed by atoms with Gasteiger partial charge in [-0.15, -0.1) is 11.6 Å². The lowest BCUT2D eigenvalue weighted by molar-refractivity contribution is 0.145. The van der Waals surface area contributed by atoms with E-state index in [4.69, 9.17) is 16.9 Å². The number of alkyl halides is 3. The summed E-state index contributed by atoms with van der Waals surface area (Å²) in [6.45, 7) is 0. The minimum Gasteiger partial charge on any atom is -0.241 e. The number of aromatic nitrogens is 1. The smallest absolute Gasteiger partial charge is 0.241 e. The number of halogens is 4. The Morgan fingerprint density at radius 2 is 2.27 bits per heavy atom. The number of hydrogen-bond donors (Lipinski definition) is 0. The second kappa shape index (κ2) is 5.56. The molecule has 0 amide bonds. The van der Waals surface area contributed by atoms with Crippen LogP contribution >= 0.6 is 34.2 Å². The SMILES string of the molecule is N#CCc1c(CCl)cc(C(F)F)nc1I. The average molecular weight is 343 g/mol. The van der Waals surface area contributed by atoms with Crippen LogP contribution in [-0.2, 0) is 12.3 Å². The van der Waals surface area contributed by atoms with Gasteiger partial charge in [-0.3, -0.25) is 0 Å².